The zero-order valence-electron chi connectivity index (χ0n) is 16.7. The summed E-state index contributed by atoms with van der Waals surface area (Å²) in [6, 6.07) is 12.3. The minimum atomic E-state index is -4.34. The van der Waals surface area contributed by atoms with E-state index in [-0.39, 0.29) is 12.1 Å². The normalized spacial score (nSPS) is 12.5. The van der Waals surface area contributed by atoms with Crippen molar-refractivity contribution in [3.8, 4) is 5.75 Å². The molecule has 0 heterocycles. The second-order valence-corrected chi connectivity index (χ2v) is 6.83. The number of hydrogen-bond acceptors (Lipinski definition) is 3. The molecular formula is C21H26F3N3O2. The molecule has 0 aliphatic rings. The molecule has 5 nitrogen and oxygen atoms in total. The van der Waals surface area contributed by atoms with Gasteiger partial charge in [-0.1, -0.05) is 24.3 Å². The maximum absolute atomic E-state index is 12.6. The summed E-state index contributed by atoms with van der Waals surface area (Å²) in [7, 11) is 5.47. The molecule has 2 N–H and O–H groups in total. The van der Waals surface area contributed by atoms with Gasteiger partial charge in [-0.15, -0.1) is 0 Å². The molecule has 0 saturated heterocycles. The molecule has 0 fully saturated rings. The van der Waals surface area contributed by atoms with E-state index in [1.165, 1.54) is 12.1 Å². The second-order valence-electron chi connectivity index (χ2n) is 6.83. The van der Waals surface area contributed by atoms with E-state index in [1.807, 2.05) is 43.3 Å². The Hall–Kier alpha value is -2.74. The van der Waals surface area contributed by atoms with Crippen molar-refractivity contribution < 1.29 is 22.7 Å². The molecule has 0 aliphatic carbocycles. The van der Waals surface area contributed by atoms with Gasteiger partial charge in [0, 0.05) is 13.1 Å². The monoisotopic (exact) mass is 409 g/mol. The summed E-state index contributed by atoms with van der Waals surface area (Å²) in [6.45, 7) is 0.734. The Kier molecular flexibility index (Phi) is 7.90. The molecule has 1 atom stereocenters. The number of halogens is 3. The molecular weight excluding hydrogens is 383 g/mol. The highest BCUT2D eigenvalue weighted by Gasteiger charge is 2.29. The van der Waals surface area contributed by atoms with Gasteiger partial charge in [0.05, 0.1) is 18.7 Å². The van der Waals surface area contributed by atoms with Crippen LogP contribution in [-0.4, -0.2) is 45.2 Å². The quantitative estimate of drug-likeness (QED) is 0.696. The lowest BCUT2D eigenvalue weighted by atomic mass is 10.1. The summed E-state index contributed by atoms with van der Waals surface area (Å²) in [5, 5.41) is 5.56. The Morgan fingerprint density at radius 1 is 1.03 bits per heavy atom. The van der Waals surface area contributed by atoms with Crippen LogP contribution in [-0.2, 0) is 12.6 Å². The van der Waals surface area contributed by atoms with E-state index in [9.17, 15) is 18.0 Å². The van der Waals surface area contributed by atoms with Gasteiger partial charge in [-0.3, -0.25) is 0 Å². The third kappa shape index (κ3) is 6.98. The first-order valence-corrected chi connectivity index (χ1v) is 9.19. The van der Waals surface area contributed by atoms with Gasteiger partial charge in [0.15, 0.2) is 0 Å². The molecule has 8 heteroatoms. The van der Waals surface area contributed by atoms with Crippen LogP contribution in [0.4, 0.5) is 18.0 Å². The van der Waals surface area contributed by atoms with Gasteiger partial charge >= 0.3 is 12.2 Å². The number of nitrogens with one attached hydrogen (secondary N) is 2. The number of urea groups is 1. The second kappa shape index (κ2) is 10.2. The molecule has 0 spiro atoms. The maximum atomic E-state index is 12.6. The number of methoxy groups -OCH3 is 1. The highest BCUT2D eigenvalue weighted by atomic mass is 19.4. The summed E-state index contributed by atoms with van der Waals surface area (Å²) in [5.74, 6) is 0.764. The summed E-state index contributed by atoms with van der Waals surface area (Å²) in [4.78, 5) is 14.1. The molecule has 0 aliphatic heterocycles. The van der Waals surface area contributed by atoms with E-state index >= 15 is 0 Å². The van der Waals surface area contributed by atoms with Gasteiger partial charge in [0.1, 0.15) is 5.75 Å². The number of benzene rings is 2. The number of rotatable bonds is 8. The number of ether oxygens (including phenoxy) is 1. The fraction of sp³-hybridized carbons (Fsp3) is 0.381. The van der Waals surface area contributed by atoms with E-state index in [4.69, 9.17) is 4.74 Å². The van der Waals surface area contributed by atoms with Crippen LogP contribution in [0.1, 0.15) is 22.7 Å². The standard InChI is InChI=1S/C21H26F3N3O2/c1-27(2)19(16-6-10-18(29-3)11-7-16)14-26-20(28)25-13-12-15-4-8-17(9-5-15)21(22,23)24/h4-11,19H,12-14H2,1-3H3,(H2,25,26,28). The van der Waals surface area contributed by atoms with E-state index < -0.39 is 11.7 Å². The van der Waals surface area contributed by atoms with Gasteiger partial charge in [0.25, 0.3) is 0 Å². The average Bonchev–Trinajstić information content (AvgIpc) is 2.68. The number of amides is 2. The first kappa shape index (κ1) is 22.5. The van der Waals surface area contributed by atoms with Crippen molar-refractivity contribution in [1.29, 1.82) is 0 Å². The van der Waals surface area contributed by atoms with Crippen molar-refractivity contribution in [1.82, 2.24) is 15.5 Å². The smallest absolute Gasteiger partial charge is 0.416 e. The lowest BCUT2D eigenvalue weighted by Gasteiger charge is -2.25. The lowest BCUT2D eigenvalue weighted by molar-refractivity contribution is -0.137. The Morgan fingerprint density at radius 2 is 1.66 bits per heavy atom. The molecule has 0 saturated carbocycles. The van der Waals surface area contributed by atoms with Crippen molar-refractivity contribution in [2.45, 2.75) is 18.6 Å². The van der Waals surface area contributed by atoms with Gasteiger partial charge < -0.3 is 20.3 Å². The molecule has 0 radical (unpaired) electrons. The Labute approximate surface area is 168 Å². The predicted octanol–water partition coefficient (Wildman–Crippen LogP) is 3.86. The highest BCUT2D eigenvalue weighted by Crippen LogP contribution is 2.29. The molecule has 2 amide bonds. The van der Waals surface area contributed by atoms with E-state index in [1.54, 1.807) is 7.11 Å². The van der Waals surface area contributed by atoms with Crippen LogP contribution in [0.3, 0.4) is 0 Å². The third-order valence-corrected chi connectivity index (χ3v) is 4.56. The highest BCUT2D eigenvalue weighted by molar-refractivity contribution is 5.73. The predicted molar refractivity (Wildman–Crippen MR) is 106 cm³/mol. The van der Waals surface area contributed by atoms with E-state index in [2.05, 4.69) is 10.6 Å². The number of carbonyl (C=O) groups excluding carboxylic acids is 1. The van der Waals surface area contributed by atoms with E-state index in [0.717, 1.165) is 29.0 Å². The van der Waals surface area contributed by atoms with Crippen LogP contribution in [0.15, 0.2) is 48.5 Å². The van der Waals surface area contributed by atoms with Crippen molar-refractivity contribution in [2.75, 3.05) is 34.3 Å². The Morgan fingerprint density at radius 3 is 2.17 bits per heavy atom. The summed E-state index contributed by atoms with van der Waals surface area (Å²) < 4.78 is 42.9. The number of carbonyl (C=O) groups is 1. The SMILES string of the molecule is COc1ccc(C(CNC(=O)NCCc2ccc(C(F)(F)F)cc2)N(C)C)cc1. The van der Waals surface area contributed by atoms with Crippen LogP contribution in [0.5, 0.6) is 5.75 Å². The van der Waals surface area contributed by atoms with Crippen molar-refractivity contribution in [2.24, 2.45) is 0 Å². The molecule has 1 unspecified atom stereocenters. The fourth-order valence-corrected chi connectivity index (χ4v) is 2.86. The van der Waals surface area contributed by atoms with Crippen LogP contribution < -0.4 is 15.4 Å². The first-order chi connectivity index (χ1) is 13.7. The summed E-state index contributed by atoms with van der Waals surface area (Å²) in [5.41, 5.74) is 1.09. The molecule has 29 heavy (non-hydrogen) atoms. The lowest BCUT2D eigenvalue weighted by Crippen LogP contribution is -2.41. The van der Waals surface area contributed by atoms with Crippen LogP contribution >= 0.6 is 0 Å². The molecule has 158 valence electrons. The zero-order chi connectivity index (χ0) is 21.4. The zero-order valence-corrected chi connectivity index (χ0v) is 16.7. The summed E-state index contributed by atoms with van der Waals surface area (Å²) >= 11 is 0. The maximum Gasteiger partial charge on any atom is 0.416 e. The number of hydrogen-bond donors (Lipinski definition) is 2. The van der Waals surface area contributed by atoms with Crippen molar-refractivity contribution in [3.05, 3.63) is 65.2 Å². The largest absolute Gasteiger partial charge is 0.497 e. The van der Waals surface area contributed by atoms with Crippen molar-refractivity contribution >= 4 is 6.03 Å². The minimum absolute atomic E-state index is 0.0124. The molecule has 0 aromatic heterocycles. The molecule has 0 bridgehead atoms. The minimum Gasteiger partial charge on any atom is -0.497 e. The Balaban J connectivity index is 1.80. The van der Waals surface area contributed by atoms with Gasteiger partial charge in [-0.2, -0.15) is 13.2 Å². The molecule has 2 aromatic carbocycles. The molecule has 2 aromatic rings. The fourth-order valence-electron chi connectivity index (χ4n) is 2.86. The Bertz CT molecular complexity index is 775. The van der Waals surface area contributed by atoms with Crippen LogP contribution in [0.25, 0.3) is 0 Å². The van der Waals surface area contributed by atoms with Gasteiger partial charge in [-0.25, -0.2) is 4.79 Å². The average molecular weight is 409 g/mol. The molecule has 2 rings (SSSR count). The summed E-state index contributed by atoms with van der Waals surface area (Å²) in [6.07, 6.45) is -3.90. The third-order valence-electron chi connectivity index (χ3n) is 4.56. The first-order valence-electron chi connectivity index (χ1n) is 9.19. The number of nitrogens with zero attached hydrogens (tertiary/aromatic N) is 1. The topological polar surface area (TPSA) is 53.6 Å². The van der Waals surface area contributed by atoms with Gasteiger partial charge in [-0.05, 0) is 55.9 Å². The number of likely N-dealkylation sites (N-methyl/N-ethyl adjacent to an activating group) is 1. The number of alkyl halides is 3. The van der Waals surface area contributed by atoms with Gasteiger partial charge in [0.2, 0.25) is 0 Å². The van der Waals surface area contributed by atoms with Crippen LogP contribution in [0, 0.1) is 0 Å². The van der Waals surface area contributed by atoms with Crippen LogP contribution in [0.2, 0.25) is 0 Å². The van der Waals surface area contributed by atoms with Crippen molar-refractivity contribution in [3.63, 3.8) is 0 Å². The van der Waals surface area contributed by atoms with E-state index in [0.29, 0.717) is 19.5 Å².